The van der Waals surface area contributed by atoms with Gasteiger partial charge in [0.1, 0.15) is 0 Å². The number of benzene rings is 2. The highest BCUT2D eigenvalue weighted by Gasteiger charge is 2.35. The summed E-state index contributed by atoms with van der Waals surface area (Å²) in [5, 5.41) is 5.30. The summed E-state index contributed by atoms with van der Waals surface area (Å²) in [5.41, 5.74) is 2.26. The number of anilines is 1. The van der Waals surface area contributed by atoms with Crippen LogP contribution >= 0.6 is 0 Å². The number of imide groups is 1. The van der Waals surface area contributed by atoms with E-state index in [0.29, 0.717) is 23.4 Å². The van der Waals surface area contributed by atoms with E-state index < -0.39 is 5.91 Å². The zero-order valence-corrected chi connectivity index (χ0v) is 16.7. The molecule has 150 valence electrons. The maximum absolute atomic E-state index is 12.8. The maximum Gasteiger partial charge on any atom is 0.261 e. The number of carbonyl (C=O) groups is 4. The highest BCUT2D eigenvalue weighted by molar-refractivity contribution is 6.22. The number of amides is 4. The summed E-state index contributed by atoms with van der Waals surface area (Å²) in [6.45, 7) is 4.13. The van der Waals surface area contributed by atoms with Gasteiger partial charge in [0.2, 0.25) is 0 Å². The van der Waals surface area contributed by atoms with Gasteiger partial charge in [0, 0.05) is 19.2 Å². The Labute approximate surface area is 169 Å². The van der Waals surface area contributed by atoms with E-state index in [-0.39, 0.29) is 28.8 Å². The van der Waals surface area contributed by atoms with E-state index in [4.69, 9.17) is 0 Å². The fourth-order valence-corrected chi connectivity index (χ4v) is 3.34. The minimum absolute atomic E-state index is 0.231. The van der Waals surface area contributed by atoms with Crippen LogP contribution in [0.5, 0.6) is 0 Å². The summed E-state index contributed by atoms with van der Waals surface area (Å²) < 4.78 is 0. The van der Waals surface area contributed by atoms with Crippen molar-refractivity contribution in [1.29, 1.82) is 0 Å². The molecule has 1 aliphatic heterocycles. The van der Waals surface area contributed by atoms with Crippen LogP contribution in [-0.2, 0) is 0 Å². The first-order chi connectivity index (χ1) is 13.9. The smallest absolute Gasteiger partial charge is 0.261 e. The first-order valence-electron chi connectivity index (χ1n) is 9.52. The normalized spacial score (nSPS) is 12.7. The largest absolute Gasteiger partial charge is 0.355 e. The van der Waals surface area contributed by atoms with E-state index in [1.807, 2.05) is 6.92 Å². The van der Waals surface area contributed by atoms with Crippen molar-refractivity contribution in [3.8, 4) is 0 Å². The molecule has 7 heteroatoms. The van der Waals surface area contributed by atoms with Gasteiger partial charge in [0.15, 0.2) is 0 Å². The summed E-state index contributed by atoms with van der Waals surface area (Å²) in [4.78, 5) is 51.2. The van der Waals surface area contributed by atoms with Crippen LogP contribution < -0.4 is 10.6 Å². The van der Waals surface area contributed by atoms with Gasteiger partial charge in [-0.15, -0.1) is 0 Å². The molecule has 29 heavy (non-hydrogen) atoms. The molecule has 0 atom stereocenters. The quantitative estimate of drug-likeness (QED) is 0.738. The van der Waals surface area contributed by atoms with Gasteiger partial charge in [0.05, 0.1) is 22.4 Å². The zero-order chi connectivity index (χ0) is 21.1. The van der Waals surface area contributed by atoms with Crippen molar-refractivity contribution in [3.05, 3.63) is 64.2 Å². The summed E-state index contributed by atoms with van der Waals surface area (Å²) >= 11 is 0. The molecule has 0 unspecified atom stereocenters. The highest BCUT2D eigenvalue weighted by Crippen LogP contribution is 2.26. The number of nitrogens with one attached hydrogen (secondary N) is 2. The third-order valence-corrected chi connectivity index (χ3v) is 4.94. The van der Waals surface area contributed by atoms with E-state index in [9.17, 15) is 19.2 Å². The second-order valence-electron chi connectivity index (χ2n) is 6.91. The number of rotatable bonds is 6. The number of hydrogen-bond donors (Lipinski definition) is 2. The van der Waals surface area contributed by atoms with Gasteiger partial charge in [-0.3, -0.25) is 24.1 Å². The Kier molecular flexibility index (Phi) is 5.77. The Morgan fingerprint density at radius 3 is 2.41 bits per heavy atom. The lowest BCUT2D eigenvalue weighted by atomic mass is 10.0. The first kappa shape index (κ1) is 20.3. The number of carbonyl (C=O) groups excluding carboxylic acids is 4. The molecular weight excluding hydrogens is 370 g/mol. The molecular formula is C22H23N3O4. The molecule has 0 aromatic heterocycles. The molecule has 3 rings (SSSR count). The fourth-order valence-electron chi connectivity index (χ4n) is 3.34. The lowest BCUT2D eigenvalue weighted by Gasteiger charge is -2.13. The highest BCUT2D eigenvalue weighted by atomic mass is 16.2. The molecule has 0 saturated carbocycles. The van der Waals surface area contributed by atoms with Crippen molar-refractivity contribution in [1.82, 2.24) is 10.2 Å². The average molecular weight is 393 g/mol. The molecule has 2 aromatic carbocycles. The van der Waals surface area contributed by atoms with Crippen molar-refractivity contribution < 1.29 is 19.2 Å². The zero-order valence-electron chi connectivity index (χ0n) is 16.7. The predicted octanol–water partition coefficient (Wildman–Crippen LogP) is 3.00. The first-order valence-corrected chi connectivity index (χ1v) is 9.52. The number of hydrogen-bond acceptors (Lipinski definition) is 4. The molecule has 4 amide bonds. The van der Waals surface area contributed by atoms with Crippen molar-refractivity contribution >= 4 is 29.3 Å². The van der Waals surface area contributed by atoms with Crippen molar-refractivity contribution in [3.63, 3.8) is 0 Å². The van der Waals surface area contributed by atoms with E-state index in [1.54, 1.807) is 25.1 Å². The summed E-state index contributed by atoms with van der Waals surface area (Å²) in [7, 11) is 1.52. The Hall–Kier alpha value is -3.48. The van der Waals surface area contributed by atoms with Gasteiger partial charge in [-0.1, -0.05) is 25.5 Å². The number of unbranched alkanes of at least 4 members (excludes halogenated alkanes) is 1. The van der Waals surface area contributed by atoms with Crippen LogP contribution in [0, 0.1) is 6.92 Å². The van der Waals surface area contributed by atoms with Gasteiger partial charge in [-0.05, 0) is 43.2 Å². The second-order valence-corrected chi connectivity index (χ2v) is 6.91. The predicted molar refractivity (Wildman–Crippen MR) is 109 cm³/mol. The molecule has 2 aromatic rings. The molecule has 1 heterocycles. The monoisotopic (exact) mass is 393 g/mol. The van der Waals surface area contributed by atoms with Crippen LogP contribution in [0.2, 0.25) is 0 Å². The molecule has 2 N–H and O–H groups in total. The summed E-state index contributed by atoms with van der Waals surface area (Å²) in [6.07, 6.45) is 1.60. The Bertz CT molecular complexity index is 1010. The van der Waals surface area contributed by atoms with E-state index in [1.165, 1.54) is 30.1 Å². The molecule has 0 spiro atoms. The van der Waals surface area contributed by atoms with Crippen LogP contribution in [0.1, 0.15) is 66.8 Å². The van der Waals surface area contributed by atoms with Crippen LogP contribution in [0.15, 0.2) is 36.4 Å². The Morgan fingerprint density at radius 2 is 1.72 bits per heavy atom. The maximum atomic E-state index is 12.8. The minimum Gasteiger partial charge on any atom is -0.355 e. The lowest BCUT2D eigenvalue weighted by Crippen LogP contribution is -2.30. The molecule has 0 radical (unpaired) electrons. The van der Waals surface area contributed by atoms with Gasteiger partial charge in [-0.25, -0.2) is 0 Å². The fraction of sp³-hybridized carbons (Fsp3) is 0.273. The van der Waals surface area contributed by atoms with E-state index in [2.05, 4.69) is 10.6 Å². The SMILES string of the molecule is CCCCN1C(=O)c2ccc(C(=O)Nc3cccc(C)c3C(=O)NC)cc2C1=O. The molecule has 0 saturated heterocycles. The molecule has 1 aliphatic rings. The topological polar surface area (TPSA) is 95.6 Å². The van der Waals surface area contributed by atoms with Crippen molar-refractivity contribution in [2.24, 2.45) is 0 Å². The lowest BCUT2D eigenvalue weighted by molar-refractivity contribution is 0.0651. The van der Waals surface area contributed by atoms with E-state index in [0.717, 1.165) is 18.4 Å². The van der Waals surface area contributed by atoms with Crippen LogP contribution in [0.25, 0.3) is 0 Å². The van der Waals surface area contributed by atoms with Crippen LogP contribution in [0.4, 0.5) is 5.69 Å². The Morgan fingerprint density at radius 1 is 1.00 bits per heavy atom. The van der Waals surface area contributed by atoms with E-state index >= 15 is 0 Å². The van der Waals surface area contributed by atoms with Crippen molar-refractivity contribution in [2.45, 2.75) is 26.7 Å². The third-order valence-electron chi connectivity index (χ3n) is 4.94. The van der Waals surface area contributed by atoms with Crippen LogP contribution in [-0.4, -0.2) is 42.1 Å². The van der Waals surface area contributed by atoms with Gasteiger partial charge >= 0.3 is 0 Å². The molecule has 0 fully saturated rings. The minimum atomic E-state index is -0.462. The van der Waals surface area contributed by atoms with Crippen LogP contribution in [0.3, 0.4) is 0 Å². The summed E-state index contributed by atoms with van der Waals surface area (Å²) in [6, 6.07) is 9.62. The number of aryl methyl sites for hydroxylation is 1. The van der Waals surface area contributed by atoms with Gasteiger partial charge < -0.3 is 10.6 Å². The Balaban J connectivity index is 1.88. The average Bonchev–Trinajstić information content (AvgIpc) is 2.95. The number of nitrogens with zero attached hydrogens (tertiary/aromatic N) is 1. The summed E-state index contributed by atoms with van der Waals surface area (Å²) in [5.74, 6) is -1.48. The van der Waals surface area contributed by atoms with Crippen molar-refractivity contribution in [2.75, 3.05) is 18.9 Å². The molecule has 0 bridgehead atoms. The second kappa shape index (κ2) is 8.26. The number of fused-ring (bicyclic) bond motifs is 1. The van der Waals surface area contributed by atoms with Gasteiger partial charge in [0.25, 0.3) is 23.6 Å². The standard InChI is InChI=1S/C22H23N3O4/c1-4-5-11-25-21(28)15-10-9-14(12-16(15)22(25)29)19(26)24-17-8-6-7-13(2)18(17)20(27)23-3/h6-10,12H,4-5,11H2,1-3H3,(H,23,27)(H,24,26). The molecule has 0 aliphatic carbocycles. The van der Waals surface area contributed by atoms with Gasteiger partial charge in [-0.2, -0.15) is 0 Å². The molecule has 7 nitrogen and oxygen atoms in total. The third kappa shape index (κ3) is 3.76.